The molecule has 2 aromatic carbocycles. The number of rotatable bonds is 5. The van der Waals surface area contributed by atoms with Crippen LogP contribution in [0.3, 0.4) is 0 Å². The molecule has 1 aliphatic heterocycles. The van der Waals surface area contributed by atoms with Crippen molar-refractivity contribution in [2.45, 2.75) is 25.0 Å². The first kappa shape index (κ1) is 18.1. The Morgan fingerprint density at radius 1 is 1.09 bits per heavy atom. The van der Waals surface area contributed by atoms with Gasteiger partial charge in [-0.05, 0) is 62.3 Å². The molecule has 0 saturated carbocycles. The third kappa shape index (κ3) is 3.65. The van der Waals surface area contributed by atoms with Crippen molar-refractivity contribution < 1.29 is 9.13 Å². The highest BCUT2D eigenvalue weighted by molar-refractivity contribution is 8.93. The summed E-state index contributed by atoms with van der Waals surface area (Å²) in [4.78, 5) is 2.18. The summed E-state index contributed by atoms with van der Waals surface area (Å²) in [6.07, 6.45) is 1.92. The predicted octanol–water partition coefficient (Wildman–Crippen LogP) is 4.52. The first-order valence-corrected chi connectivity index (χ1v) is 7.75. The summed E-state index contributed by atoms with van der Waals surface area (Å²) in [6, 6.07) is 15.1. The number of halogens is 2. The Hall–Kier alpha value is -1.23. The van der Waals surface area contributed by atoms with Crippen molar-refractivity contribution in [3.8, 4) is 0 Å². The van der Waals surface area contributed by atoms with E-state index < -0.39 is 5.60 Å². The molecular formula is C19H23BrFNO. The average Bonchev–Trinajstić information content (AvgIpc) is 2.88. The van der Waals surface area contributed by atoms with Crippen LogP contribution in [0.2, 0.25) is 0 Å². The van der Waals surface area contributed by atoms with E-state index in [1.807, 2.05) is 18.2 Å². The third-order valence-electron chi connectivity index (χ3n) is 4.37. The second-order valence-corrected chi connectivity index (χ2v) is 6.19. The molecule has 2 nitrogen and oxygen atoms in total. The van der Waals surface area contributed by atoms with Crippen LogP contribution in [0.15, 0.2) is 48.5 Å². The largest absolute Gasteiger partial charge is 0.361 e. The summed E-state index contributed by atoms with van der Waals surface area (Å²) in [5.41, 5.74) is 3.05. The molecule has 0 saturated heterocycles. The van der Waals surface area contributed by atoms with Crippen molar-refractivity contribution in [1.82, 2.24) is 4.90 Å². The summed E-state index contributed by atoms with van der Waals surface area (Å²) in [5.74, 6) is -0.210. The fourth-order valence-corrected chi connectivity index (χ4v) is 3.27. The first-order chi connectivity index (χ1) is 10.6. The topological polar surface area (TPSA) is 12.5 Å². The van der Waals surface area contributed by atoms with Gasteiger partial charge in [-0.3, -0.25) is 0 Å². The van der Waals surface area contributed by atoms with E-state index in [0.717, 1.165) is 24.9 Å². The van der Waals surface area contributed by atoms with Gasteiger partial charge in [-0.2, -0.15) is 0 Å². The van der Waals surface area contributed by atoms with Crippen LogP contribution in [0.4, 0.5) is 4.39 Å². The van der Waals surface area contributed by atoms with Crippen LogP contribution in [0.5, 0.6) is 0 Å². The van der Waals surface area contributed by atoms with Crippen molar-refractivity contribution in [3.63, 3.8) is 0 Å². The van der Waals surface area contributed by atoms with Gasteiger partial charge in [0.1, 0.15) is 11.4 Å². The fourth-order valence-electron chi connectivity index (χ4n) is 3.27. The molecule has 0 N–H and O–H groups in total. The zero-order chi connectivity index (χ0) is 15.6. The van der Waals surface area contributed by atoms with Crippen LogP contribution >= 0.6 is 17.0 Å². The molecule has 0 aromatic heterocycles. The van der Waals surface area contributed by atoms with E-state index in [9.17, 15) is 4.39 Å². The van der Waals surface area contributed by atoms with Crippen molar-refractivity contribution in [2.24, 2.45) is 0 Å². The first-order valence-electron chi connectivity index (χ1n) is 7.75. The zero-order valence-electron chi connectivity index (χ0n) is 13.6. The van der Waals surface area contributed by atoms with Gasteiger partial charge in [-0.25, -0.2) is 4.39 Å². The lowest BCUT2D eigenvalue weighted by Crippen LogP contribution is -2.28. The molecule has 0 bridgehead atoms. The van der Waals surface area contributed by atoms with Gasteiger partial charge in [0.15, 0.2) is 0 Å². The Morgan fingerprint density at radius 3 is 2.48 bits per heavy atom. The molecule has 0 aliphatic carbocycles. The molecule has 1 atom stereocenters. The van der Waals surface area contributed by atoms with Crippen molar-refractivity contribution >= 4 is 17.0 Å². The van der Waals surface area contributed by atoms with E-state index >= 15 is 0 Å². The van der Waals surface area contributed by atoms with Gasteiger partial charge in [0.2, 0.25) is 0 Å². The summed E-state index contributed by atoms with van der Waals surface area (Å²) in [7, 11) is 4.15. The highest BCUT2D eigenvalue weighted by Crippen LogP contribution is 2.45. The lowest BCUT2D eigenvalue weighted by Gasteiger charge is -2.31. The molecule has 1 unspecified atom stereocenters. The normalized spacial score (nSPS) is 19.5. The Kier molecular flexibility index (Phi) is 5.95. The molecular weight excluding hydrogens is 357 g/mol. The van der Waals surface area contributed by atoms with E-state index in [1.165, 1.54) is 23.3 Å². The molecule has 124 valence electrons. The lowest BCUT2D eigenvalue weighted by molar-refractivity contribution is -0.0140. The highest BCUT2D eigenvalue weighted by atomic mass is 79.9. The van der Waals surface area contributed by atoms with Crippen LogP contribution < -0.4 is 0 Å². The molecule has 4 heteroatoms. The Balaban J connectivity index is 0.00000192. The predicted molar refractivity (Wildman–Crippen MR) is 96.5 cm³/mol. The van der Waals surface area contributed by atoms with Crippen LogP contribution in [0.25, 0.3) is 0 Å². The van der Waals surface area contributed by atoms with E-state index in [4.69, 9.17) is 4.74 Å². The second kappa shape index (κ2) is 7.56. The maximum atomic E-state index is 13.3. The SMILES string of the molecule is Br.CN(C)CCCC1(c2ccc(F)cc2)OCc2ccccc21. The summed E-state index contributed by atoms with van der Waals surface area (Å²) < 4.78 is 19.6. The van der Waals surface area contributed by atoms with E-state index in [2.05, 4.69) is 37.2 Å². The molecule has 1 aliphatic rings. The molecule has 23 heavy (non-hydrogen) atoms. The second-order valence-electron chi connectivity index (χ2n) is 6.19. The molecule has 1 heterocycles. The smallest absolute Gasteiger partial charge is 0.123 e. The van der Waals surface area contributed by atoms with Gasteiger partial charge in [0.25, 0.3) is 0 Å². The number of fused-ring (bicyclic) bond motifs is 1. The monoisotopic (exact) mass is 379 g/mol. The minimum atomic E-state index is -0.444. The highest BCUT2D eigenvalue weighted by Gasteiger charge is 2.41. The summed E-state index contributed by atoms with van der Waals surface area (Å²) in [5, 5.41) is 0. The maximum Gasteiger partial charge on any atom is 0.123 e. The molecule has 3 rings (SSSR count). The third-order valence-corrected chi connectivity index (χ3v) is 4.37. The summed E-state index contributed by atoms with van der Waals surface area (Å²) >= 11 is 0. The van der Waals surface area contributed by atoms with Crippen LogP contribution in [-0.2, 0) is 16.9 Å². The Labute approximate surface area is 148 Å². The van der Waals surface area contributed by atoms with Gasteiger partial charge in [0.05, 0.1) is 6.61 Å². The standard InChI is InChI=1S/C19H22FNO.BrH/c1-21(2)13-5-12-19(16-8-10-17(20)11-9-16)18-7-4-3-6-15(18)14-22-19;/h3-4,6-11H,5,12-14H2,1-2H3;1H. The number of benzene rings is 2. The van der Waals surface area contributed by atoms with Gasteiger partial charge in [-0.15, -0.1) is 17.0 Å². The van der Waals surface area contributed by atoms with Gasteiger partial charge >= 0.3 is 0 Å². The molecule has 2 aromatic rings. The molecule has 0 fully saturated rings. The minimum Gasteiger partial charge on any atom is -0.361 e. The van der Waals surface area contributed by atoms with Crippen molar-refractivity contribution in [1.29, 1.82) is 0 Å². The minimum absolute atomic E-state index is 0. The van der Waals surface area contributed by atoms with Crippen molar-refractivity contribution in [2.75, 3.05) is 20.6 Å². The van der Waals surface area contributed by atoms with E-state index in [-0.39, 0.29) is 22.8 Å². The molecule has 0 radical (unpaired) electrons. The number of ether oxygens (including phenoxy) is 1. The summed E-state index contributed by atoms with van der Waals surface area (Å²) in [6.45, 7) is 1.63. The molecule has 0 amide bonds. The Bertz CT molecular complexity index is 644. The van der Waals surface area contributed by atoms with Crippen LogP contribution in [0.1, 0.15) is 29.5 Å². The molecule has 0 spiro atoms. The maximum absolute atomic E-state index is 13.3. The zero-order valence-corrected chi connectivity index (χ0v) is 15.3. The Morgan fingerprint density at radius 2 is 1.78 bits per heavy atom. The fraction of sp³-hybridized carbons (Fsp3) is 0.368. The van der Waals surface area contributed by atoms with Crippen molar-refractivity contribution in [3.05, 3.63) is 71.0 Å². The quantitative estimate of drug-likeness (QED) is 0.756. The lowest BCUT2D eigenvalue weighted by atomic mass is 9.82. The average molecular weight is 380 g/mol. The number of hydrogen-bond donors (Lipinski definition) is 0. The van der Waals surface area contributed by atoms with Gasteiger partial charge < -0.3 is 9.64 Å². The van der Waals surface area contributed by atoms with E-state index in [0.29, 0.717) is 6.61 Å². The van der Waals surface area contributed by atoms with Gasteiger partial charge in [-0.1, -0.05) is 36.4 Å². The van der Waals surface area contributed by atoms with Crippen LogP contribution in [0, 0.1) is 5.82 Å². The van der Waals surface area contributed by atoms with Crippen LogP contribution in [-0.4, -0.2) is 25.5 Å². The number of nitrogens with zero attached hydrogens (tertiary/aromatic N) is 1. The number of hydrogen-bond acceptors (Lipinski definition) is 2. The van der Waals surface area contributed by atoms with Gasteiger partial charge in [0, 0.05) is 0 Å². The van der Waals surface area contributed by atoms with E-state index in [1.54, 1.807) is 0 Å².